The average molecular weight is 369 g/mol. The Morgan fingerprint density at radius 2 is 2.23 bits per heavy atom. The Balaban J connectivity index is 1.73. The lowest BCUT2D eigenvalue weighted by Crippen LogP contribution is -2.37. The molecule has 0 radical (unpaired) electrons. The summed E-state index contributed by atoms with van der Waals surface area (Å²) >= 11 is 1.58. The molecular weight excluding hydrogens is 350 g/mol. The molecule has 0 spiro atoms. The fourth-order valence-corrected chi connectivity index (χ4v) is 4.05. The summed E-state index contributed by atoms with van der Waals surface area (Å²) in [5.41, 5.74) is 2.55. The van der Waals surface area contributed by atoms with Gasteiger partial charge in [-0.15, -0.1) is 11.3 Å². The van der Waals surface area contributed by atoms with Crippen LogP contribution in [0.25, 0.3) is 20.8 Å². The summed E-state index contributed by atoms with van der Waals surface area (Å²) in [6.07, 6.45) is 0. The number of hydrogen-bond donors (Lipinski definition) is 2. The summed E-state index contributed by atoms with van der Waals surface area (Å²) in [6.45, 7) is 1.53. The molecule has 0 saturated heterocycles. The van der Waals surface area contributed by atoms with Gasteiger partial charge >= 0.3 is 0 Å². The number of carbonyl (C=O) groups excluding carboxylic acids is 1. The second-order valence-corrected chi connectivity index (χ2v) is 7.20. The Bertz CT molecular complexity index is 937. The number of likely N-dealkylation sites (N-methyl/N-ethyl adjacent to an activating group) is 1. The van der Waals surface area contributed by atoms with E-state index in [0.29, 0.717) is 25.4 Å². The number of rotatable bonds is 3. The lowest BCUT2D eigenvalue weighted by Gasteiger charge is -2.19. The monoisotopic (exact) mass is 369 g/mol. The van der Waals surface area contributed by atoms with Crippen molar-refractivity contribution >= 4 is 27.5 Å². The molecule has 0 aliphatic carbocycles. The van der Waals surface area contributed by atoms with Gasteiger partial charge in [0.1, 0.15) is 11.6 Å². The van der Waals surface area contributed by atoms with Crippen LogP contribution < -0.4 is 10.1 Å². The molecule has 0 bridgehead atoms. The molecular formula is C19H19N3O3S. The molecule has 134 valence electrons. The molecule has 3 aromatic rings. The number of phenolic OH excluding ortho intramolecular Hbond substituents is 1. The molecule has 0 atom stereocenters. The number of hydrogen-bond acceptors (Lipinski definition) is 6. The first-order valence-electron chi connectivity index (χ1n) is 8.42. The van der Waals surface area contributed by atoms with Crippen LogP contribution in [0.5, 0.6) is 11.5 Å². The maximum Gasteiger partial charge on any atom is 0.236 e. The first kappa shape index (κ1) is 16.8. The van der Waals surface area contributed by atoms with Gasteiger partial charge in [0.2, 0.25) is 5.91 Å². The van der Waals surface area contributed by atoms with Gasteiger partial charge in [-0.2, -0.15) is 0 Å². The molecule has 1 aliphatic heterocycles. The third-order valence-electron chi connectivity index (χ3n) is 4.34. The number of para-hydroxylation sites is 1. The van der Waals surface area contributed by atoms with Crippen molar-refractivity contribution in [3.8, 4) is 22.1 Å². The number of thiazole rings is 1. The fraction of sp³-hybridized carbons (Fsp3) is 0.263. The van der Waals surface area contributed by atoms with Crippen LogP contribution in [0.4, 0.5) is 0 Å². The molecule has 26 heavy (non-hydrogen) atoms. The van der Waals surface area contributed by atoms with Crippen LogP contribution in [-0.4, -0.2) is 47.6 Å². The quantitative estimate of drug-likeness (QED) is 0.742. The SMILES string of the molecule is CNCC(=O)N1CCOc2c(O)cc(-c3nc4ccccc4s3)cc2C1. The molecule has 2 aromatic carbocycles. The van der Waals surface area contributed by atoms with Gasteiger partial charge in [0.25, 0.3) is 0 Å². The van der Waals surface area contributed by atoms with E-state index in [4.69, 9.17) is 4.74 Å². The Morgan fingerprint density at radius 3 is 3.04 bits per heavy atom. The number of fused-ring (bicyclic) bond motifs is 2. The topological polar surface area (TPSA) is 74.7 Å². The van der Waals surface area contributed by atoms with E-state index in [0.717, 1.165) is 26.4 Å². The van der Waals surface area contributed by atoms with Crippen molar-refractivity contribution in [3.05, 3.63) is 42.0 Å². The average Bonchev–Trinajstić information content (AvgIpc) is 2.94. The van der Waals surface area contributed by atoms with Gasteiger partial charge < -0.3 is 20.1 Å². The van der Waals surface area contributed by atoms with Gasteiger partial charge in [-0.25, -0.2) is 4.98 Å². The van der Waals surface area contributed by atoms with E-state index < -0.39 is 0 Å². The summed E-state index contributed by atoms with van der Waals surface area (Å²) in [5, 5.41) is 14.2. The standard InChI is InChI=1S/C19H19N3O3S/c1-20-10-17(24)22-6-7-25-18-13(11-22)8-12(9-15(18)23)19-21-14-4-2-3-5-16(14)26-19/h2-5,8-9,20,23H,6-7,10-11H2,1H3. The van der Waals surface area contributed by atoms with E-state index in [1.54, 1.807) is 29.4 Å². The van der Waals surface area contributed by atoms with E-state index in [1.807, 2.05) is 30.3 Å². The zero-order valence-electron chi connectivity index (χ0n) is 14.4. The van der Waals surface area contributed by atoms with E-state index in [1.165, 1.54) is 0 Å². The molecule has 6 nitrogen and oxygen atoms in total. The van der Waals surface area contributed by atoms with Gasteiger partial charge in [-0.05, 0) is 31.3 Å². The highest BCUT2D eigenvalue weighted by molar-refractivity contribution is 7.21. The third kappa shape index (κ3) is 3.11. The summed E-state index contributed by atoms with van der Waals surface area (Å²) in [6, 6.07) is 11.6. The van der Waals surface area contributed by atoms with Gasteiger partial charge in [0.15, 0.2) is 11.5 Å². The second kappa shape index (κ2) is 6.93. The van der Waals surface area contributed by atoms with Gasteiger partial charge in [-0.1, -0.05) is 12.1 Å². The molecule has 1 aromatic heterocycles. The Hall–Kier alpha value is -2.64. The van der Waals surface area contributed by atoms with Crippen molar-refractivity contribution in [2.24, 2.45) is 0 Å². The van der Waals surface area contributed by atoms with Crippen LogP contribution in [0.15, 0.2) is 36.4 Å². The molecule has 2 N–H and O–H groups in total. The molecule has 0 unspecified atom stereocenters. The summed E-state index contributed by atoms with van der Waals surface area (Å²) < 4.78 is 6.80. The normalized spacial score (nSPS) is 14.0. The van der Waals surface area contributed by atoms with Crippen LogP contribution in [0.1, 0.15) is 5.56 Å². The molecule has 7 heteroatoms. The minimum atomic E-state index is 0.00818. The lowest BCUT2D eigenvalue weighted by molar-refractivity contribution is -0.130. The van der Waals surface area contributed by atoms with Crippen molar-refractivity contribution in [3.63, 3.8) is 0 Å². The fourth-order valence-electron chi connectivity index (χ4n) is 3.09. The Kier molecular flexibility index (Phi) is 4.48. The van der Waals surface area contributed by atoms with Gasteiger partial charge in [0.05, 0.1) is 23.3 Å². The second-order valence-electron chi connectivity index (χ2n) is 6.16. The highest BCUT2D eigenvalue weighted by Crippen LogP contribution is 2.39. The van der Waals surface area contributed by atoms with Crippen molar-refractivity contribution in [2.45, 2.75) is 6.54 Å². The molecule has 1 amide bonds. The predicted molar refractivity (Wildman–Crippen MR) is 102 cm³/mol. The number of carbonyl (C=O) groups is 1. The molecule has 1 aliphatic rings. The predicted octanol–water partition coefficient (Wildman–Crippen LogP) is 2.61. The van der Waals surface area contributed by atoms with Crippen molar-refractivity contribution in [2.75, 3.05) is 26.7 Å². The number of aromatic nitrogens is 1. The zero-order chi connectivity index (χ0) is 18.1. The summed E-state index contributed by atoms with van der Waals surface area (Å²) in [7, 11) is 1.75. The van der Waals surface area contributed by atoms with Crippen molar-refractivity contribution in [1.82, 2.24) is 15.2 Å². The first-order chi connectivity index (χ1) is 12.7. The Morgan fingerprint density at radius 1 is 1.38 bits per heavy atom. The molecule has 0 saturated carbocycles. The molecule has 0 fully saturated rings. The molecule has 2 heterocycles. The zero-order valence-corrected chi connectivity index (χ0v) is 15.2. The van der Waals surface area contributed by atoms with Crippen molar-refractivity contribution < 1.29 is 14.6 Å². The third-order valence-corrected chi connectivity index (χ3v) is 5.42. The van der Waals surface area contributed by atoms with Crippen LogP contribution in [0, 0.1) is 0 Å². The maximum absolute atomic E-state index is 12.3. The minimum Gasteiger partial charge on any atom is -0.504 e. The Labute approximate surface area is 155 Å². The smallest absolute Gasteiger partial charge is 0.236 e. The van der Waals surface area contributed by atoms with Crippen molar-refractivity contribution in [1.29, 1.82) is 0 Å². The lowest BCUT2D eigenvalue weighted by atomic mass is 10.1. The number of nitrogens with one attached hydrogen (secondary N) is 1. The van der Waals surface area contributed by atoms with Gasteiger partial charge in [0, 0.05) is 17.7 Å². The van der Waals surface area contributed by atoms with Crippen LogP contribution in [0.2, 0.25) is 0 Å². The number of phenols is 1. The maximum atomic E-state index is 12.3. The summed E-state index contributed by atoms with van der Waals surface area (Å²) in [4.78, 5) is 18.6. The highest BCUT2D eigenvalue weighted by Gasteiger charge is 2.23. The highest BCUT2D eigenvalue weighted by atomic mass is 32.1. The number of nitrogens with zero attached hydrogens (tertiary/aromatic N) is 2. The van der Waals surface area contributed by atoms with Gasteiger partial charge in [-0.3, -0.25) is 4.79 Å². The van der Waals surface area contributed by atoms with E-state index in [-0.39, 0.29) is 18.2 Å². The van der Waals surface area contributed by atoms with Crippen LogP contribution in [0.3, 0.4) is 0 Å². The largest absolute Gasteiger partial charge is 0.504 e. The number of benzene rings is 2. The number of aromatic hydroxyl groups is 1. The van der Waals surface area contributed by atoms with E-state index >= 15 is 0 Å². The minimum absolute atomic E-state index is 0.00818. The van der Waals surface area contributed by atoms with E-state index in [2.05, 4.69) is 10.3 Å². The van der Waals surface area contributed by atoms with Crippen LogP contribution >= 0.6 is 11.3 Å². The number of ether oxygens (including phenoxy) is 1. The first-order valence-corrected chi connectivity index (χ1v) is 9.24. The van der Waals surface area contributed by atoms with E-state index in [9.17, 15) is 9.90 Å². The summed E-state index contributed by atoms with van der Waals surface area (Å²) in [5.74, 6) is 0.545. The van der Waals surface area contributed by atoms with Crippen LogP contribution in [-0.2, 0) is 11.3 Å². The number of amides is 1. The molecule has 4 rings (SSSR count).